The van der Waals surface area contributed by atoms with Gasteiger partial charge in [-0.25, -0.2) is 0 Å². The van der Waals surface area contributed by atoms with Gasteiger partial charge in [-0.15, -0.1) is 0 Å². The third-order valence-electron chi connectivity index (χ3n) is 5.08. The number of amides is 2. The zero-order valence-electron chi connectivity index (χ0n) is 16.7. The summed E-state index contributed by atoms with van der Waals surface area (Å²) in [7, 11) is 1.65. The minimum atomic E-state index is -0.367. The summed E-state index contributed by atoms with van der Waals surface area (Å²) in [6.07, 6.45) is 0.223. The fraction of sp³-hybridized carbons (Fsp3) is 0.364. The van der Waals surface area contributed by atoms with Crippen LogP contribution in [-0.2, 0) is 9.59 Å². The molecular formula is C22H26ClN3O3. The molecule has 0 radical (unpaired) electrons. The van der Waals surface area contributed by atoms with Crippen molar-refractivity contribution in [1.82, 2.24) is 10.2 Å². The number of carbonyl (C=O) groups excluding carboxylic acids is 2. The summed E-state index contributed by atoms with van der Waals surface area (Å²) >= 11 is 5.96. The molecule has 1 aliphatic rings. The van der Waals surface area contributed by atoms with Gasteiger partial charge < -0.3 is 19.9 Å². The molecule has 6 nitrogen and oxygen atoms in total. The average Bonchev–Trinajstić information content (AvgIpc) is 2.73. The van der Waals surface area contributed by atoms with Crippen LogP contribution in [0.1, 0.15) is 24.9 Å². The number of carbonyl (C=O) groups is 2. The highest BCUT2D eigenvalue weighted by Gasteiger charge is 2.25. The lowest BCUT2D eigenvalue weighted by Crippen LogP contribution is -2.49. The van der Waals surface area contributed by atoms with E-state index >= 15 is 0 Å². The molecule has 0 unspecified atom stereocenters. The minimum absolute atomic E-state index is 0.0315. The topological polar surface area (TPSA) is 61.9 Å². The maximum absolute atomic E-state index is 12.9. The van der Waals surface area contributed by atoms with E-state index in [0.717, 1.165) is 30.1 Å². The number of hydrogen-bond acceptors (Lipinski definition) is 4. The Labute approximate surface area is 176 Å². The smallest absolute Gasteiger partial charge is 0.225 e. The van der Waals surface area contributed by atoms with Crippen molar-refractivity contribution < 1.29 is 14.3 Å². The van der Waals surface area contributed by atoms with Gasteiger partial charge in [-0.2, -0.15) is 0 Å². The molecule has 3 rings (SSSR count). The summed E-state index contributed by atoms with van der Waals surface area (Å²) in [5.74, 6) is 0.687. The standard InChI is InChI=1S/C22H26ClN3O3/c1-16(27)24-21(17-6-8-18(23)9-7-17)15-22(28)26-12-10-25(11-13-26)19-4-3-5-20(14-19)29-2/h3-9,14,21H,10-13,15H2,1-2H3,(H,24,27)/t21-/m0/s1. The number of methoxy groups -OCH3 is 1. The van der Waals surface area contributed by atoms with E-state index in [-0.39, 0.29) is 24.3 Å². The van der Waals surface area contributed by atoms with E-state index in [4.69, 9.17) is 16.3 Å². The van der Waals surface area contributed by atoms with Crippen LogP contribution in [0.25, 0.3) is 0 Å². The van der Waals surface area contributed by atoms with Gasteiger partial charge in [0, 0.05) is 49.9 Å². The fourth-order valence-electron chi connectivity index (χ4n) is 3.52. The minimum Gasteiger partial charge on any atom is -0.497 e. The fourth-order valence-corrected chi connectivity index (χ4v) is 3.64. The molecule has 1 fully saturated rings. The van der Waals surface area contributed by atoms with Crippen LogP contribution in [0.2, 0.25) is 5.02 Å². The van der Waals surface area contributed by atoms with Gasteiger partial charge in [0.15, 0.2) is 0 Å². The zero-order chi connectivity index (χ0) is 20.8. The zero-order valence-corrected chi connectivity index (χ0v) is 17.5. The highest BCUT2D eigenvalue weighted by atomic mass is 35.5. The van der Waals surface area contributed by atoms with E-state index in [0.29, 0.717) is 18.1 Å². The van der Waals surface area contributed by atoms with E-state index in [9.17, 15) is 9.59 Å². The van der Waals surface area contributed by atoms with Gasteiger partial charge in [0.2, 0.25) is 11.8 Å². The second kappa shape index (κ2) is 9.65. The quantitative estimate of drug-likeness (QED) is 0.786. The van der Waals surface area contributed by atoms with Crippen molar-refractivity contribution in [2.45, 2.75) is 19.4 Å². The van der Waals surface area contributed by atoms with Crippen LogP contribution in [0.4, 0.5) is 5.69 Å². The van der Waals surface area contributed by atoms with Crippen molar-refractivity contribution >= 4 is 29.1 Å². The molecule has 0 saturated carbocycles. The molecule has 1 heterocycles. The summed E-state index contributed by atoms with van der Waals surface area (Å²) in [6.45, 7) is 4.25. The van der Waals surface area contributed by atoms with Crippen molar-refractivity contribution in [3.05, 3.63) is 59.1 Å². The third kappa shape index (κ3) is 5.64. The van der Waals surface area contributed by atoms with Gasteiger partial charge >= 0.3 is 0 Å². The lowest BCUT2D eigenvalue weighted by molar-refractivity contribution is -0.132. The predicted molar refractivity (Wildman–Crippen MR) is 114 cm³/mol. The van der Waals surface area contributed by atoms with Crippen molar-refractivity contribution in [1.29, 1.82) is 0 Å². The molecule has 2 aromatic rings. The second-order valence-corrected chi connectivity index (χ2v) is 7.51. The van der Waals surface area contributed by atoms with E-state index in [2.05, 4.69) is 10.2 Å². The van der Waals surface area contributed by atoms with Gasteiger partial charge in [-0.05, 0) is 29.8 Å². The largest absolute Gasteiger partial charge is 0.497 e. The highest BCUT2D eigenvalue weighted by Crippen LogP contribution is 2.24. The average molecular weight is 416 g/mol. The lowest BCUT2D eigenvalue weighted by Gasteiger charge is -2.36. The molecule has 1 N–H and O–H groups in total. The number of nitrogens with zero attached hydrogens (tertiary/aromatic N) is 2. The summed E-state index contributed by atoms with van der Waals surface area (Å²) in [4.78, 5) is 28.6. The molecule has 1 saturated heterocycles. The number of benzene rings is 2. The number of nitrogens with one attached hydrogen (secondary N) is 1. The molecule has 0 bridgehead atoms. The van der Waals surface area contributed by atoms with Gasteiger partial charge in [-0.1, -0.05) is 29.8 Å². The molecule has 29 heavy (non-hydrogen) atoms. The molecule has 0 spiro atoms. The van der Waals surface area contributed by atoms with Crippen LogP contribution in [-0.4, -0.2) is 50.0 Å². The molecule has 1 atom stereocenters. The first-order chi connectivity index (χ1) is 14.0. The Hall–Kier alpha value is -2.73. The van der Waals surface area contributed by atoms with Crippen LogP contribution in [0.5, 0.6) is 5.75 Å². The Kier molecular flexibility index (Phi) is 6.99. The van der Waals surface area contributed by atoms with Crippen molar-refractivity contribution in [3.8, 4) is 5.75 Å². The maximum Gasteiger partial charge on any atom is 0.225 e. The number of hydrogen-bond donors (Lipinski definition) is 1. The Morgan fingerprint density at radius 3 is 2.41 bits per heavy atom. The van der Waals surface area contributed by atoms with Crippen molar-refractivity contribution in [2.24, 2.45) is 0 Å². The maximum atomic E-state index is 12.9. The van der Waals surface area contributed by atoms with Crippen LogP contribution in [0.3, 0.4) is 0 Å². The number of rotatable bonds is 6. The Morgan fingerprint density at radius 1 is 1.10 bits per heavy atom. The van der Waals surface area contributed by atoms with Gasteiger partial charge in [-0.3, -0.25) is 9.59 Å². The molecule has 2 amide bonds. The molecule has 154 valence electrons. The van der Waals surface area contributed by atoms with E-state index in [1.54, 1.807) is 19.2 Å². The monoisotopic (exact) mass is 415 g/mol. The first kappa shape index (κ1) is 21.0. The number of halogens is 1. The lowest BCUT2D eigenvalue weighted by atomic mass is 10.0. The molecule has 2 aromatic carbocycles. The second-order valence-electron chi connectivity index (χ2n) is 7.08. The van der Waals surface area contributed by atoms with Gasteiger partial charge in [0.25, 0.3) is 0 Å². The number of anilines is 1. The Balaban J connectivity index is 1.61. The Bertz CT molecular complexity index is 849. The van der Waals surface area contributed by atoms with Gasteiger partial charge in [0.05, 0.1) is 19.6 Å². The molecule has 1 aliphatic heterocycles. The molecule has 7 heteroatoms. The Morgan fingerprint density at radius 2 is 1.79 bits per heavy atom. The predicted octanol–water partition coefficient (Wildman–Crippen LogP) is 3.26. The first-order valence-electron chi connectivity index (χ1n) is 9.65. The summed E-state index contributed by atoms with van der Waals surface area (Å²) in [6, 6.07) is 14.8. The SMILES string of the molecule is COc1cccc(N2CCN(C(=O)C[C@H](NC(C)=O)c3ccc(Cl)cc3)CC2)c1. The number of ether oxygens (including phenoxy) is 1. The summed E-state index contributed by atoms with van der Waals surface area (Å²) in [5.41, 5.74) is 1.96. The van der Waals surface area contributed by atoms with Crippen LogP contribution < -0.4 is 15.0 Å². The van der Waals surface area contributed by atoms with Crippen molar-refractivity contribution in [3.63, 3.8) is 0 Å². The third-order valence-corrected chi connectivity index (χ3v) is 5.33. The van der Waals surface area contributed by atoms with Crippen molar-refractivity contribution in [2.75, 3.05) is 38.2 Å². The van der Waals surface area contributed by atoms with Crippen LogP contribution in [0.15, 0.2) is 48.5 Å². The van der Waals surface area contributed by atoms with E-state index < -0.39 is 0 Å². The van der Waals surface area contributed by atoms with Crippen LogP contribution in [0, 0.1) is 0 Å². The summed E-state index contributed by atoms with van der Waals surface area (Å²) < 4.78 is 5.30. The van der Waals surface area contributed by atoms with E-state index in [1.807, 2.05) is 41.3 Å². The molecule has 0 aliphatic carbocycles. The molecular weight excluding hydrogens is 390 g/mol. The molecule has 0 aromatic heterocycles. The first-order valence-corrected chi connectivity index (χ1v) is 10.0. The summed E-state index contributed by atoms with van der Waals surface area (Å²) in [5, 5.41) is 3.50. The highest BCUT2D eigenvalue weighted by molar-refractivity contribution is 6.30. The van der Waals surface area contributed by atoms with E-state index in [1.165, 1.54) is 6.92 Å². The van der Waals surface area contributed by atoms with Gasteiger partial charge in [0.1, 0.15) is 5.75 Å². The van der Waals surface area contributed by atoms with Crippen LogP contribution >= 0.6 is 11.6 Å². The number of piperazine rings is 1. The normalized spacial score (nSPS) is 15.0.